The molecule has 9 amide bonds. The highest BCUT2D eigenvalue weighted by Crippen LogP contribution is 2.20. The number of likely N-dealkylation sites (tertiary alicyclic amines) is 1. The monoisotopic (exact) mass is 951 g/mol. The van der Waals surface area contributed by atoms with Crippen LogP contribution in [-0.4, -0.2) is 170 Å². The lowest BCUT2D eigenvalue weighted by molar-refractivity contribution is -0.144. The standard InChI is InChI=1S/C40H65N13O14/c1-19(2)31(38(64)45-16-29(56)51-32(20(3)4)40(66)67)52-37(63)27-9-7-11-53(27)39(65)25(14-28(43)55)49-34(60)23(8-5-6-10-41)47-36(62)26(17-54)50-35(61)24(12-21-15-44-18-46-21)48-33(59)22(42)13-30(57)58/h15,18-20,22-27,31-32,54H,5-14,16-17,41-42H2,1-4H3,(H2,43,55)(H,44,46)(H,45,64)(H,47,62)(H,48,59)(H,49,60)(H,50,61)(H,51,56)(H,52,63)(H,57,58)(H,66,67)/t22-,23-,24-,25-,26-,27-,31-,32-/m0/s1. The van der Waals surface area contributed by atoms with Crippen molar-refractivity contribution in [2.24, 2.45) is 29.0 Å². The number of aliphatic hydroxyl groups excluding tert-OH is 1. The average Bonchev–Trinajstić information content (AvgIpc) is 3.97. The van der Waals surface area contributed by atoms with E-state index in [1.54, 1.807) is 27.7 Å². The number of aromatic nitrogens is 2. The van der Waals surface area contributed by atoms with Crippen molar-refractivity contribution >= 4 is 65.1 Å². The molecule has 1 aromatic heterocycles. The lowest BCUT2D eigenvalue weighted by atomic mass is 10.0. The number of nitrogens with two attached hydrogens (primary N) is 3. The van der Waals surface area contributed by atoms with E-state index >= 15 is 0 Å². The molecule has 0 radical (unpaired) electrons. The van der Waals surface area contributed by atoms with Crippen molar-refractivity contribution in [3.05, 3.63) is 18.2 Å². The Morgan fingerprint density at radius 2 is 1.37 bits per heavy atom. The van der Waals surface area contributed by atoms with Gasteiger partial charge in [-0.2, -0.15) is 0 Å². The van der Waals surface area contributed by atoms with E-state index in [0.29, 0.717) is 18.5 Å². The van der Waals surface area contributed by atoms with Gasteiger partial charge in [0.25, 0.3) is 0 Å². The second-order valence-electron chi connectivity index (χ2n) is 16.6. The maximum absolute atomic E-state index is 14.1. The SMILES string of the molecule is CC(C)[C@H](NC(=O)CNC(=O)[C@@H](NC(=O)[C@@H]1CCCN1C(=O)[C@H](CC(N)=O)NC(=O)[C@H](CCCCN)NC(=O)[C@H](CO)NC(=O)[C@H](Cc1cnc[nH]1)NC(=O)[C@@H](N)CC(=O)O)C(C)C)C(=O)O. The van der Waals surface area contributed by atoms with E-state index in [1.807, 2.05) is 0 Å². The summed E-state index contributed by atoms with van der Waals surface area (Å²) in [6, 6.07) is -11.5. The fourth-order valence-corrected chi connectivity index (χ4v) is 6.86. The molecule has 0 unspecified atom stereocenters. The zero-order chi connectivity index (χ0) is 50.5. The van der Waals surface area contributed by atoms with Crippen LogP contribution in [0.2, 0.25) is 0 Å². The number of unbranched alkanes of at least 4 members (excludes halogenated alkanes) is 1. The van der Waals surface area contributed by atoms with Crippen LogP contribution in [0.1, 0.15) is 78.3 Å². The van der Waals surface area contributed by atoms with Gasteiger partial charge in [0.1, 0.15) is 42.3 Å². The summed E-state index contributed by atoms with van der Waals surface area (Å²) in [6.45, 7) is 4.98. The van der Waals surface area contributed by atoms with E-state index in [-0.39, 0.29) is 38.8 Å². The molecule has 8 atom stereocenters. The summed E-state index contributed by atoms with van der Waals surface area (Å²) in [5.41, 5.74) is 17.1. The Hall–Kier alpha value is -6.74. The smallest absolute Gasteiger partial charge is 0.326 e. The third-order valence-electron chi connectivity index (χ3n) is 10.5. The lowest BCUT2D eigenvalue weighted by Crippen LogP contribution is -2.61. The van der Waals surface area contributed by atoms with Crippen LogP contribution < -0.4 is 54.4 Å². The highest BCUT2D eigenvalue weighted by molar-refractivity contribution is 5.99. The molecule has 1 aliphatic rings. The van der Waals surface area contributed by atoms with Gasteiger partial charge < -0.3 is 79.6 Å². The number of aromatic amines is 1. The van der Waals surface area contributed by atoms with Crippen LogP contribution in [-0.2, 0) is 59.2 Å². The molecule has 27 heteroatoms. The largest absolute Gasteiger partial charge is 0.481 e. The number of hydrogen-bond acceptors (Lipinski definition) is 15. The highest BCUT2D eigenvalue weighted by atomic mass is 16.4. The Balaban J connectivity index is 2.25. The predicted molar refractivity (Wildman–Crippen MR) is 233 cm³/mol. The molecule has 0 spiro atoms. The zero-order valence-electron chi connectivity index (χ0n) is 37.9. The van der Waals surface area contributed by atoms with Crippen LogP contribution in [0.25, 0.3) is 0 Å². The van der Waals surface area contributed by atoms with Crippen molar-refractivity contribution in [1.29, 1.82) is 0 Å². The molecule has 1 aromatic rings. The minimum absolute atomic E-state index is 0.0107. The number of carboxylic acid groups (broad SMARTS) is 2. The summed E-state index contributed by atoms with van der Waals surface area (Å²) in [4.78, 5) is 150. The molecule has 67 heavy (non-hydrogen) atoms. The third-order valence-corrected chi connectivity index (χ3v) is 10.5. The number of aliphatic hydroxyl groups is 1. The molecule has 2 heterocycles. The van der Waals surface area contributed by atoms with Crippen LogP contribution in [0.3, 0.4) is 0 Å². The number of primary amides is 1. The molecule has 17 N–H and O–H groups in total. The molecule has 0 bridgehead atoms. The average molecular weight is 952 g/mol. The van der Waals surface area contributed by atoms with Gasteiger partial charge in [0.15, 0.2) is 0 Å². The molecule has 2 rings (SSSR count). The van der Waals surface area contributed by atoms with Gasteiger partial charge in [-0.3, -0.25) is 47.9 Å². The highest BCUT2D eigenvalue weighted by Gasteiger charge is 2.41. The quantitative estimate of drug-likeness (QED) is 0.0333. The molecule has 0 aromatic carbocycles. The fourth-order valence-electron chi connectivity index (χ4n) is 6.86. The lowest BCUT2D eigenvalue weighted by Gasteiger charge is -2.31. The number of carboxylic acids is 2. The molecule has 1 fully saturated rings. The minimum atomic E-state index is -1.74. The summed E-state index contributed by atoms with van der Waals surface area (Å²) in [5, 5.41) is 45.3. The maximum atomic E-state index is 14.1. The number of H-pyrrole nitrogens is 1. The molecule has 0 saturated carbocycles. The van der Waals surface area contributed by atoms with Gasteiger partial charge in [0.2, 0.25) is 53.2 Å². The molecular formula is C40H65N13O14. The zero-order valence-corrected chi connectivity index (χ0v) is 37.9. The Morgan fingerprint density at radius 1 is 0.776 bits per heavy atom. The number of hydrogen-bond donors (Lipinski definition) is 14. The normalized spacial score (nSPS) is 16.6. The number of nitrogens with one attached hydrogen (secondary N) is 8. The summed E-state index contributed by atoms with van der Waals surface area (Å²) >= 11 is 0. The first-order valence-corrected chi connectivity index (χ1v) is 21.7. The first kappa shape index (κ1) is 56.4. The first-order chi connectivity index (χ1) is 31.5. The van der Waals surface area contributed by atoms with Gasteiger partial charge >= 0.3 is 11.9 Å². The fraction of sp³-hybridized carbons (Fsp3) is 0.650. The Morgan fingerprint density at radius 3 is 1.93 bits per heavy atom. The summed E-state index contributed by atoms with van der Waals surface area (Å²) in [5.74, 6) is -12.0. The van der Waals surface area contributed by atoms with Crippen molar-refractivity contribution in [3.8, 4) is 0 Å². The minimum Gasteiger partial charge on any atom is -0.481 e. The van der Waals surface area contributed by atoms with E-state index in [0.717, 1.165) is 4.90 Å². The number of amides is 9. The van der Waals surface area contributed by atoms with Crippen LogP contribution in [0.5, 0.6) is 0 Å². The van der Waals surface area contributed by atoms with Gasteiger partial charge in [-0.25, -0.2) is 9.78 Å². The second kappa shape index (κ2) is 27.7. The summed E-state index contributed by atoms with van der Waals surface area (Å²) < 4.78 is 0. The molecular weight excluding hydrogens is 887 g/mol. The van der Waals surface area contributed by atoms with E-state index in [9.17, 15) is 63.0 Å². The number of aliphatic carboxylic acids is 2. The van der Waals surface area contributed by atoms with E-state index in [4.69, 9.17) is 22.3 Å². The van der Waals surface area contributed by atoms with Gasteiger partial charge in [-0.15, -0.1) is 0 Å². The number of carbonyl (C=O) groups is 11. The van der Waals surface area contributed by atoms with Crippen LogP contribution >= 0.6 is 0 Å². The number of rotatable bonds is 29. The van der Waals surface area contributed by atoms with Gasteiger partial charge in [0.05, 0.1) is 38.4 Å². The Labute approximate surface area is 385 Å². The molecule has 1 aliphatic heterocycles. The maximum Gasteiger partial charge on any atom is 0.326 e. The molecule has 1 saturated heterocycles. The van der Waals surface area contributed by atoms with Crippen molar-refractivity contribution in [2.75, 3.05) is 26.2 Å². The molecule has 374 valence electrons. The number of carbonyl (C=O) groups excluding carboxylic acids is 9. The predicted octanol–water partition coefficient (Wildman–Crippen LogP) is -5.84. The number of imidazole rings is 1. The van der Waals surface area contributed by atoms with Crippen molar-refractivity contribution in [3.63, 3.8) is 0 Å². The topological polar surface area (TPSA) is 443 Å². The number of nitrogens with zero attached hydrogens (tertiary/aromatic N) is 2. The Bertz CT molecular complexity index is 1910. The van der Waals surface area contributed by atoms with Gasteiger partial charge in [0, 0.05) is 24.9 Å². The van der Waals surface area contributed by atoms with Crippen molar-refractivity contribution in [2.45, 2.75) is 127 Å². The van der Waals surface area contributed by atoms with Crippen molar-refractivity contribution in [1.82, 2.24) is 52.1 Å². The van der Waals surface area contributed by atoms with Crippen LogP contribution in [0, 0.1) is 11.8 Å². The van der Waals surface area contributed by atoms with Gasteiger partial charge in [-0.1, -0.05) is 27.7 Å². The summed E-state index contributed by atoms with van der Waals surface area (Å²) in [7, 11) is 0. The van der Waals surface area contributed by atoms with Crippen molar-refractivity contribution < 1.29 is 68.1 Å². The van der Waals surface area contributed by atoms with E-state index in [2.05, 4.69) is 47.2 Å². The third kappa shape index (κ3) is 18.6. The first-order valence-electron chi connectivity index (χ1n) is 21.7. The summed E-state index contributed by atoms with van der Waals surface area (Å²) in [6.07, 6.45) is 1.83. The van der Waals surface area contributed by atoms with Gasteiger partial charge in [-0.05, 0) is 50.5 Å². The van der Waals surface area contributed by atoms with Crippen LogP contribution in [0.15, 0.2) is 12.5 Å². The van der Waals surface area contributed by atoms with E-state index in [1.165, 1.54) is 12.5 Å². The van der Waals surface area contributed by atoms with Crippen LogP contribution in [0.4, 0.5) is 0 Å². The molecule has 27 nitrogen and oxygen atoms in total. The Kier molecular flexibility index (Phi) is 23.3. The van der Waals surface area contributed by atoms with E-state index < -0.39 is 151 Å². The molecule has 0 aliphatic carbocycles. The second-order valence-corrected chi connectivity index (χ2v) is 16.6.